The van der Waals surface area contributed by atoms with Crippen LogP contribution in [0.5, 0.6) is 0 Å². The quantitative estimate of drug-likeness (QED) is 0.385. The van der Waals surface area contributed by atoms with Crippen molar-refractivity contribution >= 4 is 28.7 Å². The lowest BCUT2D eigenvalue weighted by molar-refractivity contribution is 0.266. The van der Waals surface area contributed by atoms with E-state index in [-0.39, 0.29) is 17.8 Å². The summed E-state index contributed by atoms with van der Waals surface area (Å²) in [6.07, 6.45) is 9.54. The Bertz CT molecular complexity index is 1480. The molecule has 10 nitrogen and oxygen atoms in total. The fourth-order valence-corrected chi connectivity index (χ4v) is 5.78. The highest BCUT2D eigenvalue weighted by Gasteiger charge is 2.32. The molecule has 6 rings (SSSR count). The topological polar surface area (TPSA) is 119 Å². The highest BCUT2D eigenvalue weighted by Crippen LogP contribution is 2.37. The van der Waals surface area contributed by atoms with Crippen LogP contribution in [0.4, 0.5) is 10.3 Å². The number of aromatic nitrogens is 7. The van der Waals surface area contributed by atoms with Gasteiger partial charge in [-0.2, -0.15) is 4.98 Å². The lowest BCUT2D eigenvalue weighted by Crippen LogP contribution is -2.33. The number of alkyl halides is 1. The molecule has 4 aromatic rings. The summed E-state index contributed by atoms with van der Waals surface area (Å²) in [5, 5.41) is 6.63. The van der Waals surface area contributed by atoms with E-state index < -0.39 is 12.4 Å². The van der Waals surface area contributed by atoms with Crippen LogP contribution in [0.3, 0.4) is 0 Å². The van der Waals surface area contributed by atoms with E-state index in [1.807, 2.05) is 0 Å². The molecule has 0 bridgehead atoms. The number of H-pyrrole nitrogens is 1. The summed E-state index contributed by atoms with van der Waals surface area (Å²) in [7, 11) is 0. The largest absolute Gasteiger partial charge is 0.434 e. The molecule has 1 aliphatic heterocycles. The molecule has 0 spiro atoms. The van der Waals surface area contributed by atoms with Crippen molar-refractivity contribution in [2.45, 2.75) is 58.0 Å². The average molecular weight is 527 g/mol. The SMILES string of the molecule is CC1CCC(Cn2c(N3CCC[C@H]3CF)nc3nc(-c4n[nH]c(=O)o4)nc(-c4cncc(Cl)c4)c32)CC1. The molecule has 2 aliphatic rings. The Balaban J connectivity index is 1.58. The number of nitrogens with zero attached hydrogens (tertiary/aromatic N) is 7. The van der Waals surface area contributed by atoms with Gasteiger partial charge in [-0.3, -0.25) is 4.98 Å². The summed E-state index contributed by atoms with van der Waals surface area (Å²) in [5.41, 5.74) is 2.38. The van der Waals surface area contributed by atoms with Crippen molar-refractivity contribution in [1.29, 1.82) is 0 Å². The van der Waals surface area contributed by atoms with Crippen molar-refractivity contribution in [2.24, 2.45) is 11.8 Å². The Kier molecular flexibility index (Phi) is 6.39. The minimum Gasteiger partial charge on any atom is -0.384 e. The zero-order valence-electron chi connectivity index (χ0n) is 20.5. The Labute approximate surface area is 217 Å². The van der Waals surface area contributed by atoms with Gasteiger partial charge in [0.25, 0.3) is 5.89 Å². The summed E-state index contributed by atoms with van der Waals surface area (Å²) >= 11 is 6.31. The number of imidazole rings is 1. The first kappa shape index (κ1) is 24.0. The van der Waals surface area contributed by atoms with Gasteiger partial charge in [-0.1, -0.05) is 31.4 Å². The normalized spacial score (nSPS) is 22.2. The van der Waals surface area contributed by atoms with E-state index >= 15 is 0 Å². The maximum atomic E-state index is 14.0. The van der Waals surface area contributed by atoms with Crippen molar-refractivity contribution in [2.75, 3.05) is 18.1 Å². The molecule has 1 saturated carbocycles. The third-order valence-corrected chi connectivity index (χ3v) is 7.79. The zero-order chi connectivity index (χ0) is 25.5. The third-order valence-electron chi connectivity index (χ3n) is 7.58. The maximum Gasteiger partial charge on any atom is 0.434 e. The highest BCUT2D eigenvalue weighted by atomic mass is 35.5. The van der Waals surface area contributed by atoms with Crippen molar-refractivity contribution < 1.29 is 8.81 Å². The Morgan fingerprint density at radius 3 is 2.73 bits per heavy atom. The van der Waals surface area contributed by atoms with E-state index in [9.17, 15) is 9.18 Å². The molecule has 1 aliphatic carbocycles. The van der Waals surface area contributed by atoms with Gasteiger partial charge in [0.2, 0.25) is 11.8 Å². The van der Waals surface area contributed by atoms with Crippen LogP contribution in [-0.2, 0) is 6.54 Å². The number of rotatable bonds is 6. The molecule has 5 heterocycles. The molecular weight excluding hydrogens is 499 g/mol. The number of anilines is 1. The van der Waals surface area contributed by atoms with Gasteiger partial charge in [0.1, 0.15) is 17.9 Å². The van der Waals surface area contributed by atoms with Crippen molar-refractivity contribution in [1.82, 2.24) is 34.7 Å². The van der Waals surface area contributed by atoms with Gasteiger partial charge < -0.3 is 13.9 Å². The average Bonchev–Trinajstić information content (AvgIpc) is 3.63. The first-order valence-electron chi connectivity index (χ1n) is 12.8. The fourth-order valence-electron chi connectivity index (χ4n) is 5.61. The van der Waals surface area contributed by atoms with Crippen molar-refractivity contribution in [3.63, 3.8) is 0 Å². The summed E-state index contributed by atoms with van der Waals surface area (Å²) in [4.78, 5) is 32.3. The van der Waals surface area contributed by atoms with E-state index in [1.165, 1.54) is 12.8 Å². The summed E-state index contributed by atoms with van der Waals surface area (Å²) in [6.45, 7) is 3.32. The van der Waals surface area contributed by atoms with E-state index in [2.05, 4.69) is 36.6 Å². The molecule has 0 amide bonds. The first-order valence-corrected chi connectivity index (χ1v) is 13.2. The monoisotopic (exact) mass is 526 g/mol. The number of aromatic amines is 1. The van der Waals surface area contributed by atoms with Crippen molar-refractivity contribution in [3.8, 4) is 23.0 Å². The molecule has 1 atom stereocenters. The lowest BCUT2D eigenvalue weighted by atomic mass is 9.83. The first-order chi connectivity index (χ1) is 18.0. The molecule has 4 aromatic heterocycles. The minimum absolute atomic E-state index is 0.0386. The smallest absolute Gasteiger partial charge is 0.384 e. The van der Waals surface area contributed by atoms with Crippen LogP contribution in [-0.4, -0.2) is 54.0 Å². The van der Waals surface area contributed by atoms with Crippen LogP contribution in [0.25, 0.3) is 34.1 Å². The number of hydrogen-bond acceptors (Lipinski definition) is 8. The minimum atomic E-state index is -0.703. The van der Waals surface area contributed by atoms with Gasteiger partial charge in [0.15, 0.2) is 5.65 Å². The molecule has 1 saturated heterocycles. The van der Waals surface area contributed by atoms with Gasteiger partial charge in [-0.15, -0.1) is 5.10 Å². The second-order valence-electron chi connectivity index (χ2n) is 10.2. The van der Waals surface area contributed by atoms with Gasteiger partial charge in [-0.05, 0) is 43.6 Å². The predicted octanol–water partition coefficient (Wildman–Crippen LogP) is 4.65. The van der Waals surface area contributed by atoms with Gasteiger partial charge in [-0.25, -0.2) is 24.3 Å². The molecule has 0 radical (unpaired) electrons. The summed E-state index contributed by atoms with van der Waals surface area (Å²) in [6, 6.07) is 1.55. The number of nitrogens with one attached hydrogen (secondary N) is 1. The molecule has 0 unspecified atom stereocenters. The fraction of sp³-hybridized carbons (Fsp3) is 0.520. The number of pyridine rings is 1. The number of fused-ring (bicyclic) bond motifs is 1. The number of hydrogen-bond donors (Lipinski definition) is 1. The van der Waals surface area contributed by atoms with Crippen LogP contribution in [0.15, 0.2) is 27.7 Å². The van der Waals surface area contributed by atoms with E-state index in [0.29, 0.717) is 33.8 Å². The Morgan fingerprint density at radius 1 is 1.16 bits per heavy atom. The lowest BCUT2D eigenvalue weighted by Gasteiger charge is -2.29. The van der Waals surface area contributed by atoms with E-state index in [1.54, 1.807) is 18.5 Å². The number of halogens is 2. The molecular formula is C25H28ClFN8O2. The van der Waals surface area contributed by atoms with Crippen LogP contribution < -0.4 is 10.7 Å². The van der Waals surface area contributed by atoms with Crippen LogP contribution >= 0.6 is 11.6 Å². The maximum absolute atomic E-state index is 14.0. The van der Waals surface area contributed by atoms with Gasteiger partial charge in [0.05, 0.1) is 11.1 Å². The molecule has 12 heteroatoms. The predicted molar refractivity (Wildman–Crippen MR) is 137 cm³/mol. The third kappa shape index (κ3) is 4.60. The van der Waals surface area contributed by atoms with E-state index in [0.717, 1.165) is 50.2 Å². The van der Waals surface area contributed by atoms with E-state index in [4.69, 9.17) is 26.0 Å². The molecule has 194 valence electrons. The van der Waals surface area contributed by atoms with Gasteiger partial charge in [0, 0.05) is 31.0 Å². The van der Waals surface area contributed by atoms with Crippen LogP contribution in [0, 0.1) is 11.8 Å². The second kappa shape index (κ2) is 9.85. The molecule has 2 fully saturated rings. The second-order valence-corrected chi connectivity index (χ2v) is 10.6. The van der Waals surface area contributed by atoms with Gasteiger partial charge >= 0.3 is 5.76 Å². The molecule has 37 heavy (non-hydrogen) atoms. The standard InChI is InChI=1S/C25H28ClFN8O2/c1-14-4-6-15(7-5-14)13-35-20-19(16-9-17(26)12-28-11-16)29-22(23-32-33-25(36)37-23)30-21(20)31-24(35)34-8-2-3-18(34)10-27/h9,11-12,14-15,18H,2-8,10,13H2,1H3,(H,33,36)/t14?,15?,18-/m0/s1. The molecule has 1 N–H and O–H groups in total. The highest BCUT2D eigenvalue weighted by molar-refractivity contribution is 6.30. The Morgan fingerprint density at radius 2 is 2.00 bits per heavy atom. The Hall–Kier alpha value is -3.34. The van der Waals surface area contributed by atoms with Crippen LogP contribution in [0.2, 0.25) is 5.02 Å². The van der Waals surface area contributed by atoms with Crippen LogP contribution in [0.1, 0.15) is 45.4 Å². The van der Waals surface area contributed by atoms with Crippen molar-refractivity contribution in [3.05, 3.63) is 34.0 Å². The zero-order valence-corrected chi connectivity index (χ0v) is 21.3. The summed E-state index contributed by atoms with van der Waals surface area (Å²) < 4.78 is 21.3. The molecule has 0 aromatic carbocycles. The summed E-state index contributed by atoms with van der Waals surface area (Å²) in [5.74, 6) is 1.26.